The fraction of sp³-hybridized carbons (Fsp3) is 0.300. The van der Waals surface area contributed by atoms with Crippen LogP contribution >= 0.6 is 0 Å². The Bertz CT molecular complexity index is 826. The second-order valence-corrected chi connectivity index (χ2v) is 6.07. The topological polar surface area (TPSA) is 106 Å². The van der Waals surface area contributed by atoms with Gasteiger partial charge in [0.2, 0.25) is 0 Å². The molecule has 1 atom stereocenters. The minimum atomic E-state index is -0.623. The number of hydrogen-bond donors (Lipinski definition) is 3. The fourth-order valence-electron chi connectivity index (χ4n) is 2.66. The van der Waals surface area contributed by atoms with Crippen molar-refractivity contribution in [1.29, 1.82) is 0 Å². The summed E-state index contributed by atoms with van der Waals surface area (Å²) in [4.78, 5) is 24.2. The van der Waals surface area contributed by atoms with E-state index in [0.717, 1.165) is 0 Å². The lowest BCUT2D eigenvalue weighted by Gasteiger charge is -2.26. The van der Waals surface area contributed by atoms with Crippen molar-refractivity contribution in [3.05, 3.63) is 54.1 Å². The third-order valence-electron chi connectivity index (χ3n) is 4.00. The number of nitrogens with one attached hydrogen (secondary N) is 2. The van der Waals surface area contributed by atoms with Crippen LogP contribution in [0.25, 0.3) is 0 Å². The van der Waals surface area contributed by atoms with E-state index in [1.165, 1.54) is 0 Å². The highest BCUT2D eigenvalue weighted by Crippen LogP contribution is 2.30. The number of aliphatic hydroxyl groups excluding tert-OH is 1. The molecule has 3 rings (SSSR count). The zero-order valence-corrected chi connectivity index (χ0v) is 15.2. The summed E-state index contributed by atoms with van der Waals surface area (Å²) in [5, 5.41) is 14.5. The van der Waals surface area contributed by atoms with E-state index in [1.54, 1.807) is 30.3 Å². The van der Waals surface area contributed by atoms with E-state index in [4.69, 9.17) is 19.3 Å². The van der Waals surface area contributed by atoms with Crippen molar-refractivity contribution in [2.24, 2.45) is 0 Å². The van der Waals surface area contributed by atoms with Gasteiger partial charge in [0.15, 0.2) is 18.1 Å². The Kier molecular flexibility index (Phi) is 6.69. The number of benzene rings is 2. The van der Waals surface area contributed by atoms with Crippen LogP contribution in [0.4, 0.5) is 5.69 Å². The molecule has 8 heteroatoms. The number of para-hydroxylation sites is 3. The molecule has 1 heterocycles. The van der Waals surface area contributed by atoms with Gasteiger partial charge in [0.25, 0.3) is 5.91 Å². The molecule has 0 spiro atoms. The van der Waals surface area contributed by atoms with E-state index >= 15 is 0 Å². The summed E-state index contributed by atoms with van der Waals surface area (Å²) in [6.45, 7) is 0.387. The number of rotatable bonds is 8. The number of esters is 1. The summed E-state index contributed by atoms with van der Waals surface area (Å²) in [6.07, 6.45) is -0.321. The second-order valence-electron chi connectivity index (χ2n) is 6.07. The van der Waals surface area contributed by atoms with Gasteiger partial charge >= 0.3 is 5.97 Å². The highest BCUT2D eigenvalue weighted by atomic mass is 16.6. The normalized spacial score (nSPS) is 14.8. The van der Waals surface area contributed by atoms with Crippen molar-refractivity contribution < 1.29 is 28.9 Å². The van der Waals surface area contributed by atoms with Crippen LogP contribution in [0.2, 0.25) is 0 Å². The summed E-state index contributed by atoms with van der Waals surface area (Å²) in [7, 11) is 0. The van der Waals surface area contributed by atoms with E-state index in [9.17, 15) is 9.59 Å². The lowest BCUT2D eigenvalue weighted by molar-refractivity contribution is -0.124. The molecule has 0 saturated carbocycles. The molecule has 1 aliphatic rings. The zero-order valence-electron chi connectivity index (χ0n) is 15.2. The molecule has 0 aromatic heterocycles. The molecule has 0 fully saturated rings. The maximum absolute atomic E-state index is 12.2. The van der Waals surface area contributed by atoms with Crippen molar-refractivity contribution in [2.45, 2.75) is 6.10 Å². The molecule has 0 radical (unpaired) electrons. The summed E-state index contributed by atoms with van der Waals surface area (Å²) >= 11 is 0. The maximum atomic E-state index is 12.2. The molecular weight excluding hydrogens is 364 g/mol. The van der Waals surface area contributed by atoms with Crippen molar-refractivity contribution in [2.75, 3.05) is 38.2 Å². The molecule has 2 aromatic carbocycles. The largest absolute Gasteiger partial charge is 0.486 e. The summed E-state index contributed by atoms with van der Waals surface area (Å²) in [5.41, 5.74) is 0.831. The molecule has 148 valence electrons. The van der Waals surface area contributed by atoms with Crippen molar-refractivity contribution in [3.8, 4) is 11.5 Å². The Morgan fingerprint density at radius 2 is 1.86 bits per heavy atom. The van der Waals surface area contributed by atoms with E-state index in [0.29, 0.717) is 35.9 Å². The minimum Gasteiger partial charge on any atom is -0.486 e. The van der Waals surface area contributed by atoms with E-state index in [2.05, 4.69) is 10.6 Å². The van der Waals surface area contributed by atoms with E-state index in [1.807, 2.05) is 18.2 Å². The summed E-state index contributed by atoms with van der Waals surface area (Å²) in [5.74, 6) is 0.248. The van der Waals surface area contributed by atoms with Gasteiger partial charge in [-0.3, -0.25) is 4.79 Å². The molecule has 0 bridgehead atoms. The molecule has 1 amide bonds. The van der Waals surface area contributed by atoms with Crippen LogP contribution in [-0.4, -0.2) is 56.0 Å². The first-order valence-corrected chi connectivity index (χ1v) is 8.93. The van der Waals surface area contributed by atoms with Crippen molar-refractivity contribution in [3.63, 3.8) is 0 Å². The van der Waals surface area contributed by atoms with Gasteiger partial charge in [0.05, 0.1) is 18.7 Å². The van der Waals surface area contributed by atoms with Crippen LogP contribution in [0.15, 0.2) is 48.5 Å². The Balaban J connectivity index is 1.44. The zero-order chi connectivity index (χ0) is 19.8. The summed E-state index contributed by atoms with van der Waals surface area (Å²) < 4.78 is 16.4. The number of hydrogen-bond acceptors (Lipinski definition) is 7. The maximum Gasteiger partial charge on any atom is 0.340 e. The van der Waals surface area contributed by atoms with Crippen LogP contribution in [0.3, 0.4) is 0 Å². The van der Waals surface area contributed by atoms with Gasteiger partial charge in [-0.1, -0.05) is 24.3 Å². The van der Waals surface area contributed by atoms with Crippen LogP contribution in [0.1, 0.15) is 10.4 Å². The Morgan fingerprint density at radius 3 is 2.68 bits per heavy atom. The van der Waals surface area contributed by atoms with Crippen LogP contribution in [0.5, 0.6) is 11.5 Å². The molecule has 28 heavy (non-hydrogen) atoms. The number of amides is 1. The molecule has 8 nitrogen and oxygen atoms in total. The molecular formula is C20H22N2O6. The quantitative estimate of drug-likeness (QED) is 0.586. The second kappa shape index (κ2) is 9.61. The number of carbonyl (C=O) groups excluding carboxylic acids is 2. The first-order chi connectivity index (χ1) is 13.7. The molecule has 2 aromatic rings. The van der Waals surface area contributed by atoms with Gasteiger partial charge in [-0.15, -0.1) is 0 Å². The Hall–Kier alpha value is -3.26. The fourth-order valence-corrected chi connectivity index (χ4v) is 2.66. The molecule has 0 saturated heterocycles. The van der Waals surface area contributed by atoms with E-state index in [-0.39, 0.29) is 19.3 Å². The van der Waals surface area contributed by atoms with Gasteiger partial charge in [0, 0.05) is 12.2 Å². The molecule has 1 aliphatic heterocycles. The number of aliphatic hydroxyl groups is 1. The van der Waals surface area contributed by atoms with Gasteiger partial charge in [-0.25, -0.2) is 4.79 Å². The number of anilines is 1. The lowest BCUT2D eigenvalue weighted by Crippen LogP contribution is -2.42. The average Bonchev–Trinajstić information content (AvgIpc) is 2.74. The molecule has 0 unspecified atom stereocenters. The third kappa shape index (κ3) is 5.14. The van der Waals surface area contributed by atoms with Crippen LogP contribution in [0, 0.1) is 0 Å². The average molecular weight is 386 g/mol. The monoisotopic (exact) mass is 386 g/mol. The number of fused-ring (bicyclic) bond motifs is 1. The van der Waals surface area contributed by atoms with E-state index < -0.39 is 18.5 Å². The standard InChI is InChI=1S/C20H22N2O6/c23-10-9-21-16-6-2-1-5-15(16)20(25)27-13-19(24)22-11-14-12-26-17-7-3-4-8-18(17)28-14/h1-8,14,21,23H,9-13H2,(H,22,24)/t14-/m1/s1. The van der Waals surface area contributed by atoms with Gasteiger partial charge in [-0.2, -0.15) is 0 Å². The lowest BCUT2D eigenvalue weighted by atomic mass is 10.2. The smallest absolute Gasteiger partial charge is 0.340 e. The Labute approximate surface area is 162 Å². The number of carbonyl (C=O) groups is 2. The SMILES string of the molecule is O=C(COC(=O)c1ccccc1NCCO)NC[C@@H]1COc2ccccc2O1. The highest BCUT2D eigenvalue weighted by molar-refractivity contribution is 5.96. The number of ether oxygens (including phenoxy) is 3. The summed E-state index contributed by atoms with van der Waals surface area (Å²) in [6, 6.07) is 14.1. The van der Waals surface area contributed by atoms with Crippen molar-refractivity contribution >= 4 is 17.6 Å². The third-order valence-corrected chi connectivity index (χ3v) is 4.00. The predicted molar refractivity (Wildman–Crippen MR) is 102 cm³/mol. The minimum absolute atomic E-state index is 0.0663. The van der Waals surface area contributed by atoms with Gasteiger partial charge in [-0.05, 0) is 24.3 Å². The predicted octanol–water partition coefficient (Wildman–Crippen LogP) is 1.20. The van der Waals surface area contributed by atoms with Crippen LogP contribution in [-0.2, 0) is 9.53 Å². The van der Waals surface area contributed by atoms with Crippen molar-refractivity contribution in [1.82, 2.24) is 5.32 Å². The van der Waals surface area contributed by atoms with Gasteiger partial charge < -0.3 is 30.0 Å². The first-order valence-electron chi connectivity index (χ1n) is 8.93. The van der Waals surface area contributed by atoms with Crippen LogP contribution < -0.4 is 20.1 Å². The highest BCUT2D eigenvalue weighted by Gasteiger charge is 2.21. The van der Waals surface area contributed by atoms with Gasteiger partial charge in [0.1, 0.15) is 12.7 Å². The Morgan fingerprint density at radius 1 is 1.11 bits per heavy atom. The molecule has 0 aliphatic carbocycles. The molecule has 3 N–H and O–H groups in total. The first kappa shape index (κ1) is 19.5.